The standard InChI is InChI=1S/C20H28Cl2O/c1-12(2)17-15(21)10-14-13(18(17)22)6-7-16-19(3,11-23)8-5-9-20(14,16)4/h10,12,16,23H,5-9,11H2,1-4H3/t16-,19-,20+/m0/s1. The molecule has 0 unspecified atom stereocenters. The minimum absolute atomic E-state index is 0.0142. The number of rotatable bonds is 2. The van der Waals surface area contributed by atoms with Gasteiger partial charge in [-0.25, -0.2) is 0 Å². The highest BCUT2D eigenvalue weighted by Gasteiger charge is 2.52. The molecule has 0 radical (unpaired) electrons. The van der Waals surface area contributed by atoms with Crippen LogP contribution in [0.15, 0.2) is 6.07 Å². The third kappa shape index (κ3) is 2.55. The Morgan fingerprint density at radius 2 is 1.96 bits per heavy atom. The summed E-state index contributed by atoms with van der Waals surface area (Å²) in [6.07, 6.45) is 5.55. The predicted octanol–water partition coefficient (Wildman–Crippen LogP) is 6.12. The van der Waals surface area contributed by atoms with Gasteiger partial charge in [0.1, 0.15) is 0 Å². The quantitative estimate of drug-likeness (QED) is 0.678. The zero-order valence-electron chi connectivity index (χ0n) is 14.7. The highest BCUT2D eigenvalue weighted by atomic mass is 35.5. The van der Waals surface area contributed by atoms with Crippen molar-refractivity contribution in [3.63, 3.8) is 0 Å². The van der Waals surface area contributed by atoms with Crippen molar-refractivity contribution in [2.45, 2.75) is 71.1 Å². The molecular formula is C20H28Cl2O. The first-order chi connectivity index (χ1) is 10.7. The van der Waals surface area contributed by atoms with Crippen molar-refractivity contribution in [3.8, 4) is 0 Å². The van der Waals surface area contributed by atoms with Crippen LogP contribution in [-0.2, 0) is 11.8 Å². The highest BCUT2D eigenvalue weighted by Crippen LogP contribution is 2.58. The van der Waals surface area contributed by atoms with E-state index in [4.69, 9.17) is 23.2 Å². The number of aliphatic hydroxyl groups excluding tert-OH is 1. The lowest BCUT2D eigenvalue weighted by Gasteiger charge is -2.55. The van der Waals surface area contributed by atoms with Crippen LogP contribution in [0.5, 0.6) is 0 Å². The summed E-state index contributed by atoms with van der Waals surface area (Å²) in [5.41, 5.74) is 3.83. The first-order valence-corrected chi connectivity index (χ1v) is 9.62. The van der Waals surface area contributed by atoms with E-state index >= 15 is 0 Å². The summed E-state index contributed by atoms with van der Waals surface area (Å²) >= 11 is 13.4. The average Bonchev–Trinajstić information content (AvgIpc) is 2.47. The monoisotopic (exact) mass is 354 g/mol. The Morgan fingerprint density at radius 3 is 2.57 bits per heavy atom. The average molecular weight is 355 g/mol. The van der Waals surface area contributed by atoms with Gasteiger partial charge in [-0.1, -0.05) is 57.3 Å². The molecule has 3 heteroatoms. The predicted molar refractivity (Wildman–Crippen MR) is 98.8 cm³/mol. The zero-order chi connectivity index (χ0) is 17.0. The Labute approximate surface area is 150 Å². The second-order valence-corrected chi connectivity index (χ2v) is 9.23. The van der Waals surface area contributed by atoms with Crippen LogP contribution in [-0.4, -0.2) is 11.7 Å². The van der Waals surface area contributed by atoms with E-state index in [0.717, 1.165) is 47.7 Å². The van der Waals surface area contributed by atoms with Crippen molar-refractivity contribution >= 4 is 23.2 Å². The van der Waals surface area contributed by atoms with Gasteiger partial charge in [0.25, 0.3) is 0 Å². The molecule has 2 aliphatic rings. The summed E-state index contributed by atoms with van der Waals surface area (Å²) in [5, 5.41) is 11.7. The molecule has 1 fully saturated rings. The molecule has 0 aliphatic heterocycles. The molecule has 0 amide bonds. The minimum atomic E-state index is 0.0142. The van der Waals surface area contributed by atoms with E-state index in [1.807, 2.05) is 0 Å². The molecule has 1 N–H and O–H groups in total. The number of hydrogen-bond acceptors (Lipinski definition) is 1. The molecule has 128 valence electrons. The lowest BCUT2D eigenvalue weighted by molar-refractivity contribution is -0.0178. The fraction of sp³-hybridized carbons (Fsp3) is 0.700. The lowest BCUT2D eigenvalue weighted by atomic mass is 9.50. The number of fused-ring (bicyclic) bond motifs is 3. The van der Waals surface area contributed by atoms with E-state index < -0.39 is 0 Å². The van der Waals surface area contributed by atoms with Gasteiger partial charge in [0.15, 0.2) is 0 Å². The molecule has 1 nitrogen and oxygen atoms in total. The van der Waals surface area contributed by atoms with E-state index in [-0.39, 0.29) is 17.4 Å². The maximum Gasteiger partial charge on any atom is 0.0490 e. The third-order valence-electron chi connectivity index (χ3n) is 6.65. The summed E-state index contributed by atoms with van der Waals surface area (Å²) in [6, 6.07) is 2.19. The molecule has 0 aromatic heterocycles. The molecule has 1 aromatic carbocycles. The van der Waals surface area contributed by atoms with Crippen LogP contribution in [0.4, 0.5) is 0 Å². The zero-order valence-corrected chi connectivity index (χ0v) is 16.2. The van der Waals surface area contributed by atoms with Gasteiger partial charge in [0, 0.05) is 16.7 Å². The van der Waals surface area contributed by atoms with Crippen molar-refractivity contribution in [1.82, 2.24) is 0 Å². The van der Waals surface area contributed by atoms with Crippen molar-refractivity contribution in [3.05, 3.63) is 32.8 Å². The van der Waals surface area contributed by atoms with Crippen LogP contribution in [0.25, 0.3) is 0 Å². The van der Waals surface area contributed by atoms with Crippen LogP contribution in [0, 0.1) is 11.3 Å². The highest BCUT2D eigenvalue weighted by molar-refractivity contribution is 6.36. The maximum atomic E-state index is 10.0. The lowest BCUT2D eigenvalue weighted by Crippen LogP contribution is -2.50. The van der Waals surface area contributed by atoms with Crippen molar-refractivity contribution in [1.29, 1.82) is 0 Å². The topological polar surface area (TPSA) is 20.2 Å². The summed E-state index contributed by atoms with van der Waals surface area (Å²) in [5.74, 6) is 0.832. The van der Waals surface area contributed by atoms with Gasteiger partial charge >= 0.3 is 0 Å². The normalized spacial score (nSPS) is 33.5. The van der Waals surface area contributed by atoms with Crippen LogP contribution in [0.3, 0.4) is 0 Å². The first kappa shape index (κ1) is 17.6. The molecule has 0 heterocycles. The Hall–Kier alpha value is -0.240. The van der Waals surface area contributed by atoms with Crippen LogP contribution < -0.4 is 0 Å². The molecule has 2 aliphatic carbocycles. The van der Waals surface area contributed by atoms with E-state index in [1.165, 1.54) is 11.1 Å². The van der Waals surface area contributed by atoms with Crippen molar-refractivity contribution in [2.75, 3.05) is 6.61 Å². The Bertz CT molecular complexity index is 625. The molecule has 3 atom stereocenters. The number of aliphatic hydroxyl groups is 1. The summed E-state index contributed by atoms with van der Waals surface area (Å²) in [7, 11) is 0. The van der Waals surface area contributed by atoms with Crippen LogP contribution in [0.1, 0.15) is 76.0 Å². The van der Waals surface area contributed by atoms with Gasteiger partial charge in [-0.2, -0.15) is 0 Å². The van der Waals surface area contributed by atoms with Crippen molar-refractivity contribution in [2.24, 2.45) is 11.3 Å². The van der Waals surface area contributed by atoms with Gasteiger partial charge in [0.2, 0.25) is 0 Å². The largest absolute Gasteiger partial charge is 0.396 e. The molecule has 1 aromatic rings. The molecule has 23 heavy (non-hydrogen) atoms. The van der Waals surface area contributed by atoms with Gasteiger partial charge in [-0.15, -0.1) is 0 Å². The molecular weight excluding hydrogens is 327 g/mol. The Morgan fingerprint density at radius 1 is 1.26 bits per heavy atom. The summed E-state index contributed by atoms with van der Waals surface area (Å²) in [4.78, 5) is 0. The number of hydrogen-bond donors (Lipinski definition) is 1. The van der Waals surface area contributed by atoms with E-state index in [1.54, 1.807) is 0 Å². The van der Waals surface area contributed by atoms with Gasteiger partial charge in [0.05, 0.1) is 0 Å². The smallest absolute Gasteiger partial charge is 0.0490 e. The Balaban J connectivity index is 2.18. The van der Waals surface area contributed by atoms with E-state index in [2.05, 4.69) is 33.8 Å². The fourth-order valence-electron chi connectivity index (χ4n) is 5.40. The summed E-state index contributed by atoms with van der Waals surface area (Å²) < 4.78 is 0. The fourth-order valence-corrected chi connectivity index (χ4v) is 6.39. The van der Waals surface area contributed by atoms with E-state index in [9.17, 15) is 5.11 Å². The second-order valence-electron chi connectivity index (χ2n) is 8.44. The van der Waals surface area contributed by atoms with Gasteiger partial charge < -0.3 is 5.11 Å². The van der Waals surface area contributed by atoms with Gasteiger partial charge in [-0.3, -0.25) is 0 Å². The third-order valence-corrected chi connectivity index (χ3v) is 7.39. The van der Waals surface area contributed by atoms with E-state index in [0.29, 0.717) is 11.8 Å². The SMILES string of the molecule is CC(C)c1c(Cl)cc2c(c1Cl)CC[C@H]1[C@](C)(CO)CCC[C@]21C. The number of halogens is 2. The summed E-state index contributed by atoms with van der Waals surface area (Å²) in [6.45, 7) is 9.19. The van der Waals surface area contributed by atoms with Crippen LogP contribution >= 0.6 is 23.2 Å². The Kier molecular flexibility index (Phi) is 4.53. The molecule has 0 bridgehead atoms. The minimum Gasteiger partial charge on any atom is -0.396 e. The maximum absolute atomic E-state index is 10.0. The van der Waals surface area contributed by atoms with Crippen molar-refractivity contribution < 1.29 is 5.11 Å². The molecule has 0 saturated heterocycles. The second kappa shape index (κ2) is 5.93. The molecule has 3 rings (SSSR count). The van der Waals surface area contributed by atoms with Crippen LogP contribution in [0.2, 0.25) is 10.0 Å². The molecule has 0 spiro atoms. The number of benzene rings is 1. The molecule has 1 saturated carbocycles. The first-order valence-electron chi connectivity index (χ1n) is 8.86. The van der Waals surface area contributed by atoms with Gasteiger partial charge in [-0.05, 0) is 71.1 Å².